The second-order valence-electron chi connectivity index (χ2n) is 15.0. The number of imidazole rings is 1. The minimum atomic E-state index is -0.992. The van der Waals surface area contributed by atoms with Crippen LogP contribution in [-0.4, -0.2) is 76.5 Å². The van der Waals surface area contributed by atoms with Gasteiger partial charge >= 0.3 is 6.09 Å². The number of aromatic amines is 1. The van der Waals surface area contributed by atoms with Gasteiger partial charge in [-0.3, -0.25) is 14.4 Å². The molecule has 2 fully saturated rings. The Bertz CT molecular complexity index is 2390. The van der Waals surface area contributed by atoms with Gasteiger partial charge in [0.1, 0.15) is 35.7 Å². The first-order valence-electron chi connectivity index (χ1n) is 19.9. The van der Waals surface area contributed by atoms with Crippen molar-refractivity contribution in [2.45, 2.75) is 56.0 Å². The van der Waals surface area contributed by atoms with Crippen molar-refractivity contribution in [2.75, 3.05) is 20.2 Å². The maximum Gasteiger partial charge on any atom is 0.407 e. The Hall–Kier alpha value is -7.03. The molecule has 4 amide bonds. The Morgan fingerprint density at radius 2 is 1.43 bits per heavy atom. The van der Waals surface area contributed by atoms with Gasteiger partial charge in [0, 0.05) is 30.4 Å². The molecule has 4 heterocycles. The molecule has 0 radical (unpaired) electrons. The van der Waals surface area contributed by atoms with Crippen molar-refractivity contribution in [1.82, 2.24) is 41.0 Å². The first-order valence-corrected chi connectivity index (χ1v) is 19.9. The minimum Gasteiger partial charge on any atom is -0.453 e. The predicted octanol–water partition coefficient (Wildman–Crippen LogP) is 6.08. The number of nitrogens with one attached hydrogen (secondary N) is 5. The van der Waals surface area contributed by atoms with Crippen LogP contribution in [0.2, 0.25) is 0 Å². The highest BCUT2D eigenvalue weighted by molar-refractivity contribution is 5.88. The van der Waals surface area contributed by atoms with Gasteiger partial charge in [0.25, 0.3) is 5.91 Å². The Morgan fingerprint density at radius 1 is 0.817 bits per heavy atom. The molecule has 5 atom stereocenters. The van der Waals surface area contributed by atoms with Gasteiger partial charge in [-0.1, -0.05) is 84.9 Å². The van der Waals surface area contributed by atoms with Crippen molar-refractivity contribution >= 4 is 30.0 Å². The Labute approximate surface area is 345 Å². The van der Waals surface area contributed by atoms with Gasteiger partial charge in [0.15, 0.2) is 0 Å². The fraction of sp³-hybridized carbons (Fsp3) is 0.267. The number of methoxy groups -OCH3 is 1. The van der Waals surface area contributed by atoms with E-state index in [1.807, 2.05) is 59.6 Å². The van der Waals surface area contributed by atoms with Gasteiger partial charge in [-0.25, -0.2) is 18.6 Å². The van der Waals surface area contributed by atoms with E-state index in [0.717, 1.165) is 36.2 Å². The van der Waals surface area contributed by atoms with Crippen molar-refractivity contribution in [3.63, 3.8) is 0 Å². The molecule has 0 saturated carbocycles. The van der Waals surface area contributed by atoms with Crippen molar-refractivity contribution < 1.29 is 32.7 Å². The van der Waals surface area contributed by atoms with E-state index in [0.29, 0.717) is 54.9 Å². The number of H-pyrrole nitrogens is 1. The fourth-order valence-electron chi connectivity index (χ4n) is 8.44. The molecule has 0 spiro atoms. The van der Waals surface area contributed by atoms with Gasteiger partial charge in [-0.2, -0.15) is 0 Å². The molecule has 5 aromatic rings. The van der Waals surface area contributed by atoms with E-state index in [1.165, 1.54) is 13.3 Å². The summed E-state index contributed by atoms with van der Waals surface area (Å²) in [6.45, 7) is 0.983. The van der Waals surface area contributed by atoms with E-state index < -0.39 is 35.9 Å². The lowest BCUT2D eigenvalue weighted by molar-refractivity contribution is -0.136. The van der Waals surface area contributed by atoms with Crippen LogP contribution in [0.15, 0.2) is 109 Å². The number of amides is 4. The molecule has 4 aromatic carbocycles. The molecule has 308 valence electrons. The first-order chi connectivity index (χ1) is 29.2. The third kappa shape index (κ3) is 8.02. The monoisotopic (exact) mass is 814 g/mol. The molecule has 3 aliphatic heterocycles. The number of carbonyl (C=O) groups excluding carboxylic acids is 4. The number of hydrogen-bond donors (Lipinski definition) is 5. The van der Waals surface area contributed by atoms with Gasteiger partial charge in [0.05, 0.1) is 36.8 Å². The van der Waals surface area contributed by atoms with E-state index in [9.17, 15) is 19.2 Å². The number of aromatic nitrogens is 2. The summed E-state index contributed by atoms with van der Waals surface area (Å²) in [6.07, 6.45) is 5.66. The van der Waals surface area contributed by atoms with Gasteiger partial charge < -0.3 is 40.8 Å². The molecule has 60 heavy (non-hydrogen) atoms. The molecular weight excluding hydrogens is 771 g/mol. The molecular formula is C45H44F2N8O5. The average molecular weight is 815 g/mol. The number of likely N-dealkylation sites (tertiary alicyclic amines) is 2. The number of hydrogen-bond acceptors (Lipinski definition) is 8. The minimum absolute atomic E-state index is 0.00842. The fourth-order valence-corrected chi connectivity index (χ4v) is 8.44. The molecule has 13 nitrogen and oxygen atoms in total. The summed E-state index contributed by atoms with van der Waals surface area (Å²) in [5, 5.41) is 12.2. The van der Waals surface area contributed by atoms with E-state index in [1.54, 1.807) is 41.3 Å². The number of carbonyl (C=O) groups is 4. The SMILES string of the molecule is COC(=O)N[C@@H](C(=O)N1CCC[C@H]1c1ncc(-c2cc(F)c(-c3ccc(C4=CNC([C@@H]5CCCN5C(=O)[C@H](NC=O)c5ccccc5)N4)cc3)cc2F)[nH]1)c1ccccc1. The first kappa shape index (κ1) is 39.8. The van der Waals surface area contributed by atoms with Crippen LogP contribution in [0.5, 0.6) is 0 Å². The van der Waals surface area contributed by atoms with Crippen molar-refractivity contribution in [3.05, 3.63) is 144 Å². The zero-order valence-corrected chi connectivity index (χ0v) is 32.7. The molecule has 8 rings (SSSR count). The average Bonchev–Trinajstić information content (AvgIpc) is 4.13. The summed E-state index contributed by atoms with van der Waals surface area (Å²) >= 11 is 0. The summed E-state index contributed by atoms with van der Waals surface area (Å²) in [5.74, 6) is -1.38. The molecule has 5 N–H and O–H groups in total. The largest absolute Gasteiger partial charge is 0.453 e. The molecule has 2 saturated heterocycles. The number of halogens is 2. The third-order valence-corrected chi connectivity index (χ3v) is 11.4. The molecule has 1 aromatic heterocycles. The van der Waals surface area contributed by atoms with Crippen LogP contribution in [0.4, 0.5) is 13.6 Å². The number of benzene rings is 4. The second kappa shape index (κ2) is 17.4. The Kier molecular flexibility index (Phi) is 11.6. The highest BCUT2D eigenvalue weighted by Crippen LogP contribution is 2.36. The maximum absolute atomic E-state index is 15.8. The summed E-state index contributed by atoms with van der Waals surface area (Å²) < 4.78 is 36.4. The van der Waals surface area contributed by atoms with Crippen LogP contribution in [0.1, 0.15) is 66.3 Å². The van der Waals surface area contributed by atoms with Crippen molar-refractivity contribution in [1.29, 1.82) is 0 Å². The highest BCUT2D eigenvalue weighted by atomic mass is 19.1. The Morgan fingerprint density at radius 3 is 2.13 bits per heavy atom. The van der Waals surface area contributed by atoms with Crippen molar-refractivity contribution in [3.8, 4) is 22.4 Å². The number of ether oxygens (including phenoxy) is 1. The smallest absolute Gasteiger partial charge is 0.407 e. The topological polar surface area (TPSA) is 161 Å². The lowest BCUT2D eigenvalue weighted by atomic mass is 10.00. The van der Waals surface area contributed by atoms with Gasteiger partial charge in [-0.15, -0.1) is 0 Å². The number of alkyl carbamates (subject to hydrolysis) is 1. The third-order valence-electron chi connectivity index (χ3n) is 11.4. The van der Waals surface area contributed by atoms with Gasteiger partial charge in [0.2, 0.25) is 12.3 Å². The standard InChI is InChI=1S/C45H44F2N8O5/c1-60-45(59)53-40(30-12-6-3-7-13-30)44(58)55-21-9-15-38(55)42-49-25-36(52-42)32-23-33(46)31(22-34(32)47)27-16-18-28(19-17-27)35-24-48-41(51-35)37-14-8-20-54(37)43(57)39(50-26-56)29-10-4-2-5-11-29/h2-7,10-13,16-19,22-26,37-41,48,51H,8-9,14-15,20-21H2,1H3,(H,49,52)(H,50,56)(H,53,59)/t37-,38-,39+,40+,41?/m0/s1. The van der Waals surface area contributed by atoms with Crippen LogP contribution in [0.25, 0.3) is 28.1 Å². The second-order valence-corrected chi connectivity index (χ2v) is 15.0. The van der Waals surface area contributed by atoms with Crippen LogP contribution in [0, 0.1) is 11.6 Å². The summed E-state index contributed by atoms with van der Waals surface area (Å²) in [4.78, 5) is 62.3. The summed E-state index contributed by atoms with van der Waals surface area (Å²) in [6, 6.07) is 25.0. The van der Waals surface area contributed by atoms with Crippen LogP contribution in [-0.2, 0) is 19.1 Å². The number of nitrogens with zero attached hydrogens (tertiary/aromatic N) is 3. The quantitative estimate of drug-likeness (QED) is 0.0949. The van der Waals surface area contributed by atoms with Gasteiger partial charge in [-0.05, 0) is 60.1 Å². The molecule has 0 bridgehead atoms. The molecule has 1 unspecified atom stereocenters. The number of rotatable bonds is 12. The van der Waals surface area contributed by atoms with Crippen LogP contribution in [0.3, 0.4) is 0 Å². The van der Waals surface area contributed by atoms with E-state index in [4.69, 9.17) is 4.74 Å². The summed E-state index contributed by atoms with van der Waals surface area (Å²) in [7, 11) is 1.23. The molecule has 0 aliphatic carbocycles. The maximum atomic E-state index is 15.8. The normalized spacial score (nSPS) is 19.4. The lowest BCUT2D eigenvalue weighted by Gasteiger charge is -2.33. The van der Waals surface area contributed by atoms with Crippen molar-refractivity contribution in [2.24, 2.45) is 0 Å². The molecule has 3 aliphatic rings. The van der Waals surface area contributed by atoms with Crippen LogP contribution >= 0.6 is 0 Å². The zero-order valence-electron chi connectivity index (χ0n) is 32.7. The zero-order chi connectivity index (χ0) is 41.8. The predicted molar refractivity (Wildman–Crippen MR) is 219 cm³/mol. The summed E-state index contributed by atoms with van der Waals surface area (Å²) in [5.41, 5.74) is 3.71. The lowest BCUT2D eigenvalue weighted by Crippen LogP contribution is -2.53. The van der Waals surface area contributed by atoms with E-state index in [2.05, 4.69) is 31.2 Å². The van der Waals surface area contributed by atoms with E-state index >= 15 is 8.78 Å². The molecule has 15 heteroatoms. The Balaban J connectivity index is 0.937. The highest BCUT2D eigenvalue weighted by Gasteiger charge is 2.40. The van der Waals surface area contributed by atoms with E-state index in [-0.39, 0.29) is 40.8 Å². The van der Waals surface area contributed by atoms with Crippen LogP contribution < -0.4 is 21.3 Å².